The zero-order valence-electron chi connectivity index (χ0n) is 17.1. The Morgan fingerprint density at radius 3 is 2.59 bits per heavy atom. The molecule has 0 aliphatic rings. The molecule has 3 heterocycles. The lowest BCUT2D eigenvalue weighted by atomic mass is 10.1. The second-order valence-electron chi connectivity index (χ2n) is 7.12. The van der Waals surface area contributed by atoms with Crippen LogP contribution < -0.4 is 0 Å². The first-order valence-corrected chi connectivity index (χ1v) is 10.0. The van der Waals surface area contributed by atoms with E-state index in [9.17, 15) is 0 Å². The summed E-state index contributed by atoms with van der Waals surface area (Å²) in [6, 6.07) is 12.2. The summed E-state index contributed by atoms with van der Waals surface area (Å²) in [6.07, 6.45) is 6.43. The lowest BCUT2D eigenvalue weighted by Crippen LogP contribution is -2.04. The lowest BCUT2D eigenvalue weighted by molar-refractivity contribution is 0.392. The van der Waals surface area contributed by atoms with E-state index in [-0.39, 0.29) is 0 Å². The molecule has 0 saturated heterocycles. The predicted octanol–water partition coefficient (Wildman–Crippen LogP) is 4.81. The summed E-state index contributed by atoms with van der Waals surface area (Å²) in [5, 5.41) is 4.06. The third kappa shape index (κ3) is 3.97. The van der Waals surface area contributed by atoms with Gasteiger partial charge in [-0.1, -0.05) is 42.4 Å². The van der Waals surface area contributed by atoms with E-state index in [1.165, 1.54) is 5.56 Å². The van der Waals surface area contributed by atoms with E-state index in [0.29, 0.717) is 0 Å². The molecule has 0 aliphatic heterocycles. The normalized spacial score (nSPS) is 11.1. The van der Waals surface area contributed by atoms with Gasteiger partial charge in [-0.15, -0.1) is 0 Å². The van der Waals surface area contributed by atoms with Crippen LogP contribution in [0.3, 0.4) is 0 Å². The fraction of sp³-hybridized carbons (Fsp3) is 0.304. The Morgan fingerprint density at radius 1 is 1.03 bits per heavy atom. The van der Waals surface area contributed by atoms with Gasteiger partial charge in [0, 0.05) is 30.3 Å². The maximum absolute atomic E-state index is 5.29. The highest BCUT2D eigenvalue weighted by atomic mass is 16.5. The second-order valence-corrected chi connectivity index (χ2v) is 7.12. The van der Waals surface area contributed by atoms with Crippen LogP contribution >= 0.6 is 0 Å². The summed E-state index contributed by atoms with van der Waals surface area (Å²) in [5.41, 5.74) is 6.15. The highest BCUT2D eigenvalue weighted by molar-refractivity contribution is 5.76. The van der Waals surface area contributed by atoms with E-state index in [1.54, 1.807) is 0 Å². The standard InChI is InChI=1S/C23H25N5O/c1-4-21-24-13-12-20(26-21)23-22(18-9-6-5-7-10-18)25-15-28(23)14-8-11-19-16(2)27-29-17(19)3/h5-7,9-10,12-13,15H,4,8,11,14H2,1-3H3. The van der Waals surface area contributed by atoms with Gasteiger partial charge in [0.25, 0.3) is 0 Å². The number of hydrogen-bond donors (Lipinski definition) is 0. The van der Waals surface area contributed by atoms with Crippen molar-refractivity contribution in [3.63, 3.8) is 0 Å². The molecule has 1 aromatic carbocycles. The number of nitrogens with zero attached hydrogens (tertiary/aromatic N) is 5. The van der Waals surface area contributed by atoms with Crippen molar-refractivity contribution in [2.24, 2.45) is 0 Å². The maximum Gasteiger partial charge on any atom is 0.137 e. The largest absolute Gasteiger partial charge is 0.361 e. The van der Waals surface area contributed by atoms with Crippen LogP contribution in [0, 0.1) is 13.8 Å². The minimum absolute atomic E-state index is 0.800. The third-order valence-corrected chi connectivity index (χ3v) is 5.16. The number of hydrogen-bond acceptors (Lipinski definition) is 5. The molecule has 0 bridgehead atoms. The second kappa shape index (κ2) is 8.39. The fourth-order valence-corrected chi connectivity index (χ4v) is 3.61. The van der Waals surface area contributed by atoms with Gasteiger partial charge in [0.1, 0.15) is 11.6 Å². The molecule has 4 rings (SSSR count). The summed E-state index contributed by atoms with van der Waals surface area (Å²) >= 11 is 0. The smallest absolute Gasteiger partial charge is 0.137 e. The highest BCUT2D eigenvalue weighted by Gasteiger charge is 2.17. The molecule has 4 aromatic rings. The zero-order valence-corrected chi connectivity index (χ0v) is 17.1. The van der Waals surface area contributed by atoms with Gasteiger partial charge < -0.3 is 9.09 Å². The van der Waals surface area contributed by atoms with Crippen molar-refractivity contribution in [2.75, 3.05) is 0 Å². The Bertz CT molecular complexity index is 1080. The van der Waals surface area contributed by atoms with E-state index >= 15 is 0 Å². The first-order valence-electron chi connectivity index (χ1n) is 10.0. The lowest BCUT2D eigenvalue weighted by Gasteiger charge is -2.11. The van der Waals surface area contributed by atoms with Crippen LogP contribution in [-0.4, -0.2) is 24.7 Å². The van der Waals surface area contributed by atoms with Crippen molar-refractivity contribution >= 4 is 0 Å². The molecule has 29 heavy (non-hydrogen) atoms. The predicted molar refractivity (Wildman–Crippen MR) is 112 cm³/mol. The van der Waals surface area contributed by atoms with Crippen molar-refractivity contribution in [2.45, 2.75) is 46.6 Å². The topological polar surface area (TPSA) is 69.6 Å². The molecule has 0 aliphatic carbocycles. The highest BCUT2D eigenvalue weighted by Crippen LogP contribution is 2.30. The van der Waals surface area contributed by atoms with Gasteiger partial charge in [0.05, 0.1) is 29.1 Å². The van der Waals surface area contributed by atoms with E-state index in [2.05, 4.69) is 33.8 Å². The van der Waals surface area contributed by atoms with Crippen molar-refractivity contribution < 1.29 is 4.52 Å². The molecule has 148 valence electrons. The first kappa shape index (κ1) is 19.1. The molecule has 0 N–H and O–H groups in total. The Kier molecular flexibility index (Phi) is 5.51. The van der Waals surface area contributed by atoms with Crippen LogP contribution in [-0.2, 0) is 19.4 Å². The summed E-state index contributed by atoms with van der Waals surface area (Å²) in [4.78, 5) is 13.9. The summed E-state index contributed by atoms with van der Waals surface area (Å²) in [6.45, 7) is 6.87. The molecular weight excluding hydrogens is 362 g/mol. The van der Waals surface area contributed by atoms with Crippen LogP contribution in [0.4, 0.5) is 0 Å². The third-order valence-electron chi connectivity index (χ3n) is 5.16. The Morgan fingerprint density at radius 2 is 1.86 bits per heavy atom. The fourth-order valence-electron chi connectivity index (χ4n) is 3.61. The molecule has 0 saturated carbocycles. The van der Waals surface area contributed by atoms with E-state index in [0.717, 1.165) is 65.7 Å². The van der Waals surface area contributed by atoms with Crippen LogP contribution in [0.2, 0.25) is 0 Å². The molecule has 0 radical (unpaired) electrons. The van der Waals surface area contributed by atoms with Crippen molar-refractivity contribution in [3.05, 3.63) is 71.8 Å². The minimum atomic E-state index is 0.800. The van der Waals surface area contributed by atoms with Crippen molar-refractivity contribution in [3.8, 4) is 22.6 Å². The molecule has 6 nitrogen and oxygen atoms in total. The Balaban J connectivity index is 1.67. The Hall–Kier alpha value is -3.28. The number of rotatable bonds is 7. The average molecular weight is 387 g/mol. The number of benzene rings is 1. The van der Waals surface area contributed by atoms with Gasteiger partial charge in [0.15, 0.2) is 0 Å². The maximum atomic E-state index is 5.29. The molecule has 0 unspecified atom stereocenters. The average Bonchev–Trinajstić information content (AvgIpc) is 3.32. The minimum Gasteiger partial charge on any atom is -0.361 e. The summed E-state index contributed by atoms with van der Waals surface area (Å²) in [5.74, 6) is 1.74. The van der Waals surface area contributed by atoms with E-state index < -0.39 is 0 Å². The molecule has 6 heteroatoms. The van der Waals surface area contributed by atoms with E-state index in [1.807, 2.05) is 50.6 Å². The SMILES string of the molecule is CCc1nccc(-c2c(-c3ccccc3)ncn2CCCc2c(C)noc2C)n1. The molecule has 0 atom stereocenters. The molecular formula is C23H25N5O. The van der Waals surface area contributed by atoms with Gasteiger partial charge in [-0.25, -0.2) is 15.0 Å². The first-order chi connectivity index (χ1) is 14.2. The molecule has 3 aromatic heterocycles. The van der Waals surface area contributed by atoms with Crippen LogP contribution in [0.1, 0.15) is 36.2 Å². The van der Waals surface area contributed by atoms with Gasteiger partial charge >= 0.3 is 0 Å². The quantitative estimate of drug-likeness (QED) is 0.455. The summed E-state index contributed by atoms with van der Waals surface area (Å²) < 4.78 is 7.49. The zero-order chi connectivity index (χ0) is 20.2. The van der Waals surface area contributed by atoms with E-state index in [4.69, 9.17) is 14.5 Å². The van der Waals surface area contributed by atoms with Crippen LogP contribution in [0.15, 0.2) is 53.4 Å². The molecule has 0 spiro atoms. The van der Waals surface area contributed by atoms with Crippen LogP contribution in [0.25, 0.3) is 22.6 Å². The van der Waals surface area contributed by atoms with Crippen LogP contribution in [0.5, 0.6) is 0 Å². The molecule has 0 fully saturated rings. The van der Waals surface area contributed by atoms with Gasteiger partial charge in [-0.2, -0.15) is 0 Å². The van der Waals surface area contributed by atoms with Crippen molar-refractivity contribution in [1.82, 2.24) is 24.7 Å². The van der Waals surface area contributed by atoms with Gasteiger partial charge in [0.2, 0.25) is 0 Å². The van der Waals surface area contributed by atoms with Crippen molar-refractivity contribution in [1.29, 1.82) is 0 Å². The number of aryl methyl sites for hydroxylation is 4. The summed E-state index contributed by atoms with van der Waals surface area (Å²) in [7, 11) is 0. The van der Waals surface area contributed by atoms with Gasteiger partial charge in [-0.05, 0) is 32.8 Å². The van der Waals surface area contributed by atoms with Gasteiger partial charge in [-0.3, -0.25) is 0 Å². The Labute approximate surface area is 170 Å². The molecule has 0 amide bonds. The number of aromatic nitrogens is 5. The number of imidazole rings is 1. The monoisotopic (exact) mass is 387 g/mol.